The summed E-state index contributed by atoms with van der Waals surface area (Å²) in [5.74, 6) is 0. The summed E-state index contributed by atoms with van der Waals surface area (Å²) in [5.41, 5.74) is 15.9. The molecule has 0 aliphatic carbocycles. The normalized spacial score (nSPS) is 14.0. The van der Waals surface area contributed by atoms with Gasteiger partial charge >= 0.3 is 6.85 Å². The van der Waals surface area contributed by atoms with E-state index in [-0.39, 0.29) is 17.7 Å². The molecule has 0 saturated carbocycles. The van der Waals surface area contributed by atoms with Gasteiger partial charge in [-0.2, -0.15) is 0 Å². The van der Waals surface area contributed by atoms with Crippen molar-refractivity contribution in [2.75, 3.05) is 4.90 Å². The van der Waals surface area contributed by atoms with E-state index >= 15 is 0 Å². The van der Waals surface area contributed by atoms with Crippen LogP contribution < -0.4 is 15.8 Å². The molecule has 2 aliphatic rings. The SMILES string of the molecule is CC(C)(C)c1ccc2c(c1)c1cc(C(C)(C)C)cc3c1n2B1c2c-3cccc2N(c2ccccc2)c2ccc3c(oc4ccccc43)c21. The Morgan fingerprint density at radius 1 is 0.542 bits per heavy atom. The summed E-state index contributed by atoms with van der Waals surface area (Å²) in [4.78, 5) is 2.45. The van der Waals surface area contributed by atoms with Gasteiger partial charge in [-0.1, -0.05) is 96.1 Å². The minimum Gasteiger partial charge on any atom is -0.456 e. The van der Waals surface area contributed by atoms with Crippen LogP contribution in [0.15, 0.2) is 120 Å². The summed E-state index contributed by atoms with van der Waals surface area (Å²) < 4.78 is 9.56. The molecule has 0 radical (unpaired) electrons. The van der Waals surface area contributed by atoms with Crippen LogP contribution in [0.25, 0.3) is 54.9 Å². The average molecular weight is 621 g/mol. The van der Waals surface area contributed by atoms with E-state index in [2.05, 4.69) is 166 Å². The van der Waals surface area contributed by atoms with E-state index < -0.39 is 0 Å². The van der Waals surface area contributed by atoms with E-state index in [1.54, 1.807) is 0 Å². The zero-order valence-corrected chi connectivity index (χ0v) is 28.3. The summed E-state index contributed by atoms with van der Waals surface area (Å²) in [7, 11) is 0. The lowest BCUT2D eigenvalue weighted by Crippen LogP contribution is -2.56. The van der Waals surface area contributed by atoms with Gasteiger partial charge in [0.15, 0.2) is 0 Å². The molecule has 0 fully saturated rings. The summed E-state index contributed by atoms with van der Waals surface area (Å²) in [5, 5.41) is 4.97. The van der Waals surface area contributed by atoms with Crippen molar-refractivity contribution >= 4 is 78.6 Å². The number of rotatable bonds is 1. The van der Waals surface area contributed by atoms with Gasteiger partial charge in [0.1, 0.15) is 11.2 Å². The lowest BCUT2D eigenvalue weighted by molar-refractivity contribution is 0.590. The van der Waals surface area contributed by atoms with Crippen LogP contribution in [0.4, 0.5) is 17.1 Å². The van der Waals surface area contributed by atoms with Crippen molar-refractivity contribution in [3.63, 3.8) is 0 Å². The van der Waals surface area contributed by atoms with Gasteiger partial charge in [0.2, 0.25) is 0 Å². The molecule has 6 aromatic carbocycles. The summed E-state index contributed by atoms with van der Waals surface area (Å²) in [6.45, 7) is 13.9. The Hall–Kier alpha value is -5.22. The molecule has 0 bridgehead atoms. The molecule has 4 heteroatoms. The van der Waals surface area contributed by atoms with Crippen LogP contribution in [-0.2, 0) is 10.8 Å². The van der Waals surface area contributed by atoms with Crippen molar-refractivity contribution in [2.24, 2.45) is 0 Å². The molecule has 4 heterocycles. The summed E-state index contributed by atoms with van der Waals surface area (Å²) in [6.07, 6.45) is 0. The highest BCUT2D eigenvalue weighted by atomic mass is 16.3. The van der Waals surface area contributed by atoms with Crippen LogP contribution >= 0.6 is 0 Å². The minimum absolute atomic E-state index is 0.00441. The number of fused-ring (bicyclic) bond motifs is 11. The van der Waals surface area contributed by atoms with Crippen LogP contribution in [0.3, 0.4) is 0 Å². The predicted octanol–water partition coefficient (Wildman–Crippen LogP) is 10.7. The van der Waals surface area contributed by atoms with Crippen molar-refractivity contribution < 1.29 is 4.42 Å². The Morgan fingerprint density at radius 2 is 1.27 bits per heavy atom. The summed E-state index contributed by atoms with van der Waals surface area (Å²) in [6, 6.07) is 42.9. The number of hydrogen-bond acceptors (Lipinski definition) is 2. The first-order chi connectivity index (χ1) is 23.1. The molecule has 0 atom stereocenters. The van der Waals surface area contributed by atoms with Crippen molar-refractivity contribution in [1.82, 2.24) is 4.48 Å². The third-order valence-corrected chi connectivity index (χ3v) is 10.9. The first-order valence-electron chi connectivity index (χ1n) is 17.1. The topological polar surface area (TPSA) is 21.3 Å². The molecular weight excluding hydrogens is 583 g/mol. The van der Waals surface area contributed by atoms with E-state index in [4.69, 9.17) is 4.42 Å². The first kappa shape index (κ1) is 27.9. The largest absolute Gasteiger partial charge is 0.456 e. The quantitative estimate of drug-likeness (QED) is 0.170. The smallest absolute Gasteiger partial charge is 0.337 e. The molecule has 0 saturated heterocycles. The van der Waals surface area contributed by atoms with Crippen molar-refractivity contribution in [1.29, 1.82) is 0 Å². The lowest BCUT2D eigenvalue weighted by atomic mass is 9.45. The highest BCUT2D eigenvalue weighted by Crippen LogP contribution is 2.48. The fourth-order valence-corrected chi connectivity index (χ4v) is 8.47. The number of benzene rings is 6. The molecule has 0 N–H and O–H groups in total. The predicted molar refractivity (Wildman–Crippen MR) is 205 cm³/mol. The molecule has 0 spiro atoms. The van der Waals surface area contributed by atoms with Crippen LogP contribution in [0.2, 0.25) is 0 Å². The Labute approximate surface area is 281 Å². The van der Waals surface area contributed by atoms with Crippen LogP contribution in [0.5, 0.6) is 0 Å². The maximum Gasteiger partial charge on any atom is 0.337 e. The van der Waals surface area contributed by atoms with Gasteiger partial charge < -0.3 is 13.8 Å². The highest BCUT2D eigenvalue weighted by Gasteiger charge is 2.44. The third-order valence-electron chi connectivity index (χ3n) is 10.9. The number of anilines is 3. The fourth-order valence-electron chi connectivity index (χ4n) is 8.47. The molecule has 3 nitrogen and oxygen atoms in total. The van der Waals surface area contributed by atoms with Crippen molar-refractivity contribution in [2.45, 2.75) is 52.4 Å². The third kappa shape index (κ3) is 3.61. The fraction of sp³-hybridized carbons (Fsp3) is 0.182. The van der Waals surface area contributed by atoms with Gasteiger partial charge in [-0.25, -0.2) is 0 Å². The monoisotopic (exact) mass is 620 g/mol. The number of para-hydroxylation sites is 2. The zero-order valence-electron chi connectivity index (χ0n) is 28.3. The van der Waals surface area contributed by atoms with Crippen molar-refractivity contribution in [3.8, 4) is 11.1 Å². The zero-order chi connectivity index (χ0) is 32.7. The molecular formula is C44H37BN2O. The average Bonchev–Trinajstić information content (AvgIpc) is 3.62. The Morgan fingerprint density at radius 3 is 2.06 bits per heavy atom. The maximum atomic E-state index is 6.91. The van der Waals surface area contributed by atoms with Crippen LogP contribution in [-0.4, -0.2) is 11.3 Å². The molecule has 48 heavy (non-hydrogen) atoms. The van der Waals surface area contributed by atoms with Crippen LogP contribution in [0, 0.1) is 0 Å². The minimum atomic E-state index is -0.0658. The number of nitrogens with zero attached hydrogens (tertiary/aromatic N) is 2. The van der Waals surface area contributed by atoms with E-state index in [1.807, 2.05) is 0 Å². The van der Waals surface area contributed by atoms with Gasteiger partial charge in [0.25, 0.3) is 0 Å². The van der Waals surface area contributed by atoms with Gasteiger partial charge in [-0.05, 0) is 93.6 Å². The summed E-state index contributed by atoms with van der Waals surface area (Å²) >= 11 is 0. The number of furan rings is 1. The Kier molecular flexibility index (Phi) is 5.36. The first-order valence-corrected chi connectivity index (χ1v) is 17.1. The van der Waals surface area contributed by atoms with E-state index in [9.17, 15) is 0 Å². The second-order valence-corrected chi connectivity index (χ2v) is 15.8. The number of aromatic nitrogens is 1. The molecule has 2 aliphatic heterocycles. The second kappa shape index (κ2) is 9.23. The Balaban J connectivity index is 1.42. The molecule has 2 aromatic heterocycles. The van der Waals surface area contributed by atoms with E-state index in [0.717, 1.165) is 27.6 Å². The molecule has 8 aromatic rings. The molecule has 0 amide bonds. The standard InChI is InChI=1S/C44H37BN2O/c1-43(2,3)26-19-21-35-32(23-26)34-25-27(44(4,5)6)24-33-30-16-12-17-36-39(30)45(47(35)41(33)34)40-37(46(36)28-13-8-7-9-14-28)22-20-31-29-15-10-11-18-38(29)48-42(31)40/h7-25H,1-6H3. The van der Waals surface area contributed by atoms with E-state index in [0.29, 0.717) is 0 Å². The lowest BCUT2D eigenvalue weighted by Gasteiger charge is -2.40. The Bertz CT molecular complexity index is 2650. The molecule has 232 valence electrons. The van der Waals surface area contributed by atoms with Gasteiger partial charge in [-0.3, -0.25) is 0 Å². The van der Waals surface area contributed by atoms with Gasteiger partial charge in [-0.15, -0.1) is 0 Å². The highest BCUT2D eigenvalue weighted by molar-refractivity contribution is 6.91. The maximum absolute atomic E-state index is 6.91. The number of hydrogen-bond donors (Lipinski definition) is 0. The van der Waals surface area contributed by atoms with Crippen molar-refractivity contribution in [3.05, 3.63) is 126 Å². The molecule has 10 rings (SSSR count). The van der Waals surface area contributed by atoms with E-state index in [1.165, 1.54) is 66.4 Å². The molecule has 0 unspecified atom stereocenters. The van der Waals surface area contributed by atoms with Gasteiger partial charge in [0.05, 0.1) is 0 Å². The van der Waals surface area contributed by atoms with Gasteiger partial charge in [0, 0.05) is 60.7 Å². The van der Waals surface area contributed by atoms with Crippen LogP contribution in [0.1, 0.15) is 52.7 Å². The second-order valence-electron chi connectivity index (χ2n) is 15.8.